The van der Waals surface area contributed by atoms with Crippen LogP contribution in [0.2, 0.25) is 0 Å². The molecule has 3 aromatic carbocycles. The van der Waals surface area contributed by atoms with Crippen molar-refractivity contribution in [2.24, 2.45) is 5.92 Å². The Hall–Kier alpha value is -3.38. The van der Waals surface area contributed by atoms with Gasteiger partial charge in [-0.25, -0.2) is 4.79 Å². The predicted octanol–water partition coefficient (Wildman–Crippen LogP) is 8.20. The number of halogens is 1. The van der Waals surface area contributed by atoms with Crippen molar-refractivity contribution in [3.05, 3.63) is 106 Å². The molecule has 0 fully saturated rings. The first-order valence-electron chi connectivity index (χ1n) is 13.5. The predicted molar refractivity (Wildman–Crippen MR) is 159 cm³/mol. The van der Waals surface area contributed by atoms with Crippen LogP contribution in [-0.2, 0) is 27.3 Å². The summed E-state index contributed by atoms with van der Waals surface area (Å²) in [5, 5.41) is 0. The van der Waals surface area contributed by atoms with Crippen molar-refractivity contribution in [2.45, 2.75) is 52.6 Å². The van der Waals surface area contributed by atoms with E-state index in [2.05, 4.69) is 34.1 Å². The molecule has 5 nitrogen and oxygen atoms in total. The molecule has 3 aromatic rings. The van der Waals surface area contributed by atoms with Gasteiger partial charge in [-0.15, -0.1) is 0 Å². The van der Waals surface area contributed by atoms with Crippen LogP contribution in [0.4, 0.5) is 0 Å². The molecule has 0 spiro atoms. The first kappa shape index (κ1) is 30.2. The topological polar surface area (TPSA) is 61.8 Å². The van der Waals surface area contributed by atoms with E-state index in [4.69, 9.17) is 14.2 Å². The Balaban J connectivity index is 1.69. The molecule has 0 aliphatic rings. The van der Waals surface area contributed by atoms with Crippen LogP contribution in [0.1, 0.15) is 66.6 Å². The number of hydrogen-bond donors (Lipinski definition) is 0. The van der Waals surface area contributed by atoms with Crippen molar-refractivity contribution in [3.8, 4) is 5.75 Å². The molecule has 0 amide bonds. The normalized spacial score (nSPS) is 11.8. The zero-order chi connectivity index (χ0) is 27.9. The molecule has 3 rings (SSSR count). The Bertz CT molecular complexity index is 1200. The van der Waals surface area contributed by atoms with Gasteiger partial charge in [0.05, 0.1) is 18.8 Å². The lowest BCUT2D eigenvalue weighted by Crippen LogP contribution is -2.06. The third kappa shape index (κ3) is 10.7. The summed E-state index contributed by atoms with van der Waals surface area (Å²) in [6.07, 6.45) is 8.24. The minimum atomic E-state index is -0.306. The Morgan fingerprint density at radius 3 is 2.26 bits per heavy atom. The average Bonchev–Trinajstić information content (AvgIpc) is 2.94. The fourth-order valence-corrected chi connectivity index (χ4v) is 4.46. The van der Waals surface area contributed by atoms with Crippen LogP contribution in [-0.4, -0.2) is 25.2 Å². The van der Waals surface area contributed by atoms with Gasteiger partial charge in [0.25, 0.3) is 0 Å². The molecular weight excluding hydrogens is 556 g/mol. The summed E-state index contributed by atoms with van der Waals surface area (Å²) in [6.45, 7) is 4.88. The fraction of sp³-hybridized carbons (Fsp3) is 0.333. The summed E-state index contributed by atoms with van der Waals surface area (Å²) < 4.78 is 17.4. The van der Waals surface area contributed by atoms with Gasteiger partial charge in [0.1, 0.15) is 12.4 Å². The zero-order valence-electron chi connectivity index (χ0n) is 22.7. The Morgan fingerprint density at radius 1 is 0.846 bits per heavy atom. The average molecular weight is 594 g/mol. The van der Waals surface area contributed by atoms with Gasteiger partial charge < -0.3 is 14.2 Å². The maximum Gasteiger partial charge on any atom is 0.338 e. The molecule has 0 aliphatic carbocycles. The van der Waals surface area contributed by atoms with E-state index in [1.807, 2.05) is 73.7 Å². The number of rotatable bonds is 15. The molecule has 6 heteroatoms. The Morgan fingerprint density at radius 2 is 1.54 bits per heavy atom. The summed E-state index contributed by atoms with van der Waals surface area (Å²) in [5.41, 5.74) is 3.81. The fourth-order valence-electron chi connectivity index (χ4n) is 4.20. The molecule has 0 N–H and O–H groups in total. The number of para-hydroxylation sites is 1. The smallest absolute Gasteiger partial charge is 0.338 e. The Labute approximate surface area is 240 Å². The molecule has 206 valence electrons. The molecule has 0 aliphatic heterocycles. The van der Waals surface area contributed by atoms with Crippen molar-refractivity contribution < 1.29 is 23.8 Å². The molecule has 39 heavy (non-hydrogen) atoms. The van der Waals surface area contributed by atoms with Crippen molar-refractivity contribution in [1.82, 2.24) is 0 Å². The SMILES string of the molecule is CCOC(=O)CCCCC(C=Cc1ccccc1OCc1ccc(Br)cc1)Cc1ccc(C(=O)OCC)cc1. The van der Waals surface area contributed by atoms with E-state index in [9.17, 15) is 9.59 Å². The van der Waals surface area contributed by atoms with Crippen molar-refractivity contribution in [1.29, 1.82) is 0 Å². The third-order valence-corrected chi connectivity index (χ3v) is 6.78. The van der Waals surface area contributed by atoms with Gasteiger partial charge in [-0.1, -0.05) is 77.0 Å². The molecule has 1 atom stereocenters. The number of unbranched alkanes of at least 4 members (excludes halogenated alkanes) is 1. The van der Waals surface area contributed by atoms with E-state index in [-0.39, 0.29) is 17.9 Å². The van der Waals surface area contributed by atoms with Crippen LogP contribution in [0, 0.1) is 5.92 Å². The van der Waals surface area contributed by atoms with E-state index in [0.29, 0.717) is 31.8 Å². The number of esters is 2. The molecule has 0 heterocycles. The molecule has 0 aromatic heterocycles. The van der Waals surface area contributed by atoms with E-state index >= 15 is 0 Å². The highest BCUT2D eigenvalue weighted by atomic mass is 79.9. The standard InChI is InChI=1S/C33H37BrO5/c1-3-37-32(35)12-8-5-9-25(23-26-14-19-29(20-15-26)33(36)38-4-2)13-18-28-10-6-7-11-31(28)39-24-27-16-21-30(34)22-17-27/h6-7,10-11,13-22,25H,3-5,8-9,12,23-24H2,1-2H3. The highest BCUT2D eigenvalue weighted by Crippen LogP contribution is 2.25. The van der Waals surface area contributed by atoms with Gasteiger partial charge in [-0.05, 0) is 80.5 Å². The number of ether oxygens (including phenoxy) is 3. The van der Waals surface area contributed by atoms with Crippen LogP contribution < -0.4 is 4.74 Å². The maximum absolute atomic E-state index is 12.0. The first-order valence-corrected chi connectivity index (χ1v) is 14.3. The highest BCUT2D eigenvalue weighted by Gasteiger charge is 2.11. The number of hydrogen-bond acceptors (Lipinski definition) is 5. The monoisotopic (exact) mass is 592 g/mol. The second-order valence-electron chi connectivity index (χ2n) is 9.24. The summed E-state index contributed by atoms with van der Waals surface area (Å²) in [4.78, 5) is 23.8. The largest absolute Gasteiger partial charge is 0.488 e. The molecule has 0 radical (unpaired) electrons. The van der Waals surface area contributed by atoms with Gasteiger partial charge in [0.15, 0.2) is 0 Å². The minimum absolute atomic E-state index is 0.143. The molecule has 1 unspecified atom stereocenters. The first-order chi connectivity index (χ1) is 19.0. The molecule has 0 saturated carbocycles. The summed E-state index contributed by atoms with van der Waals surface area (Å²) in [5.74, 6) is 0.631. The summed E-state index contributed by atoms with van der Waals surface area (Å²) in [6, 6.07) is 23.8. The van der Waals surface area contributed by atoms with Crippen molar-refractivity contribution in [3.63, 3.8) is 0 Å². The highest BCUT2D eigenvalue weighted by molar-refractivity contribution is 9.10. The van der Waals surface area contributed by atoms with Gasteiger partial charge in [-0.2, -0.15) is 0 Å². The minimum Gasteiger partial charge on any atom is -0.488 e. The van der Waals surface area contributed by atoms with Gasteiger partial charge >= 0.3 is 11.9 Å². The van der Waals surface area contributed by atoms with E-state index in [0.717, 1.165) is 52.6 Å². The summed E-state index contributed by atoms with van der Waals surface area (Å²) in [7, 11) is 0. The molecule has 0 bridgehead atoms. The van der Waals surface area contributed by atoms with Crippen LogP contribution in [0.15, 0.2) is 83.3 Å². The second kappa shape index (κ2) is 16.6. The number of carbonyl (C=O) groups is 2. The van der Waals surface area contributed by atoms with Crippen LogP contribution >= 0.6 is 15.9 Å². The molecule has 0 saturated heterocycles. The van der Waals surface area contributed by atoms with Crippen molar-refractivity contribution in [2.75, 3.05) is 13.2 Å². The third-order valence-electron chi connectivity index (χ3n) is 6.25. The van der Waals surface area contributed by atoms with Gasteiger partial charge in [0.2, 0.25) is 0 Å². The Kier molecular flexibility index (Phi) is 12.8. The van der Waals surface area contributed by atoms with E-state index < -0.39 is 0 Å². The number of benzene rings is 3. The lowest BCUT2D eigenvalue weighted by molar-refractivity contribution is -0.143. The van der Waals surface area contributed by atoms with E-state index in [1.54, 1.807) is 6.92 Å². The zero-order valence-corrected chi connectivity index (χ0v) is 24.3. The number of carbonyl (C=O) groups excluding carboxylic acids is 2. The maximum atomic E-state index is 12.0. The van der Waals surface area contributed by atoms with Crippen molar-refractivity contribution >= 4 is 33.9 Å². The quantitative estimate of drug-likeness (QED) is 0.131. The van der Waals surface area contributed by atoms with E-state index in [1.165, 1.54) is 0 Å². The summed E-state index contributed by atoms with van der Waals surface area (Å²) >= 11 is 3.47. The van der Waals surface area contributed by atoms with Crippen LogP contribution in [0.25, 0.3) is 6.08 Å². The lowest BCUT2D eigenvalue weighted by atomic mass is 9.92. The van der Waals surface area contributed by atoms with Crippen LogP contribution in [0.3, 0.4) is 0 Å². The molecular formula is C33H37BrO5. The van der Waals surface area contributed by atoms with Gasteiger partial charge in [0, 0.05) is 16.5 Å². The number of allylic oxidation sites excluding steroid dienone is 1. The second-order valence-corrected chi connectivity index (χ2v) is 10.2. The lowest BCUT2D eigenvalue weighted by Gasteiger charge is -2.14. The van der Waals surface area contributed by atoms with Crippen LogP contribution in [0.5, 0.6) is 5.75 Å². The van der Waals surface area contributed by atoms with Gasteiger partial charge in [-0.3, -0.25) is 4.79 Å².